The summed E-state index contributed by atoms with van der Waals surface area (Å²) in [5, 5.41) is 2.64. The van der Waals surface area contributed by atoms with E-state index in [0.717, 1.165) is 5.69 Å². The molecule has 0 atom stereocenters. The van der Waals surface area contributed by atoms with Crippen LogP contribution in [0.25, 0.3) is 0 Å². The third-order valence-electron chi connectivity index (χ3n) is 3.58. The minimum atomic E-state index is -0.448. The van der Waals surface area contributed by atoms with E-state index in [1.165, 1.54) is 6.26 Å². The lowest BCUT2D eigenvalue weighted by molar-refractivity contribution is -0.126. The average Bonchev–Trinajstić information content (AvgIpc) is 3.16. The van der Waals surface area contributed by atoms with E-state index in [1.54, 1.807) is 36.4 Å². The van der Waals surface area contributed by atoms with E-state index in [0.29, 0.717) is 11.3 Å². The van der Waals surface area contributed by atoms with E-state index in [2.05, 4.69) is 16.2 Å². The Morgan fingerprint density at radius 1 is 0.962 bits per heavy atom. The van der Waals surface area contributed by atoms with Crippen LogP contribution in [-0.4, -0.2) is 31.8 Å². The third-order valence-corrected chi connectivity index (χ3v) is 3.58. The maximum Gasteiger partial charge on any atom is 0.269 e. The quantitative estimate of drug-likeness (QED) is 0.646. The molecule has 0 aliphatic rings. The van der Waals surface area contributed by atoms with E-state index in [1.807, 2.05) is 19.0 Å². The van der Waals surface area contributed by atoms with Crippen LogP contribution in [0.2, 0.25) is 0 Å². The van der Waals surface area contributed by atoms with Gasteiger partial charge in [0.2, 0.25) is 11.8 Å². The number of nitrogens with zero attached hydrogens (tertiary/aromatic N) is 1. The van der Waals surface area contributed by atoms with Crippen LogP contribution in [0, 0.1) is 0 Å². The van der Waals surface area contributed by atoms with Gasteiger partial charge in [0.1, 0.15) is 5.76 Å². The molecule has 0 aliphatic carbocycles. The van der Waals surface area contributed by atoms with Gasteiger partial charge in [-0.25, -0.2) is 0 Å². The molecular weight excluding hydrogens is 336 g/mol. The zero-order valence-electron chi connectivity index (χ0n) is 14.7. The Hall–Kier alpha value is -3.29. The van der Waals surface area contributed by atoms with Crippen LogP contribution in [0.15, 0.2) is 47.1 Å². The van der Waals surface area contributed by atoms with Crippen molar-refractivity contribution < 1.29 is 18.8 Å². The molecule has 0 aliphatic heterocycles. The Bertz CT molecular complexity index is 739. The zero-order valence-corrected chi connectivity index (χ0v) is 14.7. The van der Waals surface area contributed by atoms with Crippen LogP contribution in [0.4, 0.5) is 5.69 Å². The highest BCUT2D eigenvalue weighted by Crippen LogP contribution is 2.11. The summed E-state index contributed by atoms with van der Waals surface area (Å²) in [6, 6.07) is 10.4. The van der Waals surface area contributed by atoms with Crippen molar-refractivity contribution in [3.63, 3.8) is 0 Å². The third kappa shape index (κ3) is 5.97. The lowest BCUT2D eigenvalue weighted by Gasteiger charge is -2.12. The fourth-order valence-corrected chi connectivity index (χ4v) is 2.09. The molecule has 0 spiro atoms. The second-order valence-corrected chi connectivity index (χ2v) is 5.80. The lowest BCUT2D eigenvalue weighted by atomic mass is 10.2. The average molecular weight is 358 g/mol. The molecule has 1 aromatic carbocycles. The molecule has 3 N–H and O–H groups in total. The van der Waals surface area contributed by atoms with E-state index in [-0.39, 0.29) is 25.3 Å². The molecule has 2 aromatic rings. The van der Waals surface area contributed by atoms with Crippen LogP contribution >= 0.6 is 0 Å². The number of hydrazine groups is 1. The molecule has 26 heavy (non-hydrogen) atoms. The van der Waals surface area contributed by atoms with Crippen LogP contribution in [0.3, 0.4) is 0 Å². The predicted molar refractivity (Wildman–Crippen MR) is 96.2 cm³/mol. The molecule has 0 unspecified atom stereocenters. The maximum atomic E-state index is 12.0. The highest BCUT2D eigenvalue weighted by molar-refractivity contribution is 5.95. The van der Waals surface area contributed by atoms with Gasteiger partial charge in [-0.1, -0.05) is 0 Å². The number of anilines is 1. The molecular formula is C18H22N4O4. The number of hydrogen-bond donors (Lipinski definition) is 3. The van der Waals surface area contributed by atoms with Crippen molar-refractivity contribution in [2.24, 2.45) is 0 Å². The summed E-state index contributed by atoms with van der Waals surface area (Å²) in [5.41, 5.74) is 6.01. The molecule has 8 heteroatoms. The summed E-state index contributed by atoms with van der Waals surface area (Å²) in [5.74, 6) is -0.514. The number of amides is 3. The summed E-state index contributed by atoms with van der Waals surface area (Å²) in [7, 11) is 3.81. The van der Waals surface area contributed by atoms with Crippen molar-refractivity contribution in [1.29, 1.82) is 0 Å². The number of hydrogen-bond acceptors (Lipinski definition) is 5. The smallest absolute Gasteiger partial charge is 0.269 e. The topological polar surface area (TPSA) is 104 Å². The van der Waals surface area contributed by atoms with Gasteiger partial charge in [-0.3, -0.25) is 25.2 Å². The minimum absolute atomic E-state index is 0.0138. The molecule has 0 bridgehead atoms. The summed E-state index contributed by atoms with van der Waals surface area (Å²) in [6.07, 6.45) is 1.50. The van der Waals surface area contributed by atoms with Gasteiger partial charge in [-0.05, 0) is 36.4 Å². The monoisotopic (exact) mass is 358 g/mol. The largest absolute Gasteiger partial charge is 0.467 e. The Labute approximate surface area is 151 Å². The maximum absolute atomic E-state index is 12.0. The van der Waals surface area contributed by atoms with Gasteiger partial charge in [-0.15, -0.1) is 0 Å². The molecule has 1 heterocycles. The summed E-state index contributed by atoms with van der Waals surface area (Å²) >= 11 is 0. The second-order valence-electron chi connectivity index (χ2n) is 5.80. The van der Waals surface area contributed by atoms with Gasteiger partial charge in [0.05, 0.1) is 12.8 Å². The molecule has 0 fully saturated rings. The van der Waals surface area contributed by atoms with Crippen LogP contribution < -0.4 is 21.1 Å². The fourth-order valence-electron chi connectivity index (χ4n) is 2.09. The molecule has 2 rings (SSSR count). The van der Waals surface area contributed by atoms with Gasteiger partial charge >= 0.3 is 0 Å². The Morgan fingerprint density at radius 3 is 2.27 bits per heavy atom. The molecule has 0 saturated carbocycles. The highest BCUT2D eigenvalue weighted by atomic mass is 16.3. The Balaban J connectivity index is 1.67. The first-order valence-corrected chi connectivity index (χ1v) is 8.11. The van der Waals surface area contributed by atoms with E-state index in [9.17, 15) is 14.4 Å². The van der Waals surface area contributed by atoms with Crippen LogP contribution in [-0.2, 0) is 16.1 Å². The van der Waals surface area contributed by atoms with Gasteiger partial charge in [-0.2, -0.15) is 0 Å². The van der Waals surface area contributed by atoms with Gasteiger partial charge < -0.3 is 14.6 Å². The Kier molecular flexibility index (Phi) is 6.78. The van der Waals surface area contributed by atoms with Crippen LogP contribution in [0.1, 0.15) is 29.0 Å². The van der Waals surface area contributed by atoms with Crippen LogP contribution in [0.5, 0.6) is 0 Å². The molecule has 1 aromatic heterocycles. The summed E-state index contributed by atoms with van der Waals surface area (Å²) in [6.45, 7) is 0.271. The van der Waals surface area contributed by atoms with E-state index < -0.39 is 11.8 Å². The zero-order chi connectivity index (χ0) is 18.9. The first-order chi connectivity index (χ1) is 12.5. The number of carbonyl (C=O) groups is 3. The van der Waals surface area contributed by atoms with Crippen molar-refractivity contribution in [2.45, 2.75) is 19.4 Å². The van der Waals surface area contributed by atoms with Gasteiger partial charge in [0, 0.05) is 38.2 Å². The predicted octanol–water partition coefficient (Wildman–Crippen LogP) is 1.20. The number of benzene rings is 1. The summed E-state index contributed by atoms with van der Waals surface area (Å²) in [4.78, 5) is 37.3. The van der Waals surface area contributed by atoms with Crippen molar-refractivity contribution in [3.05, 3.63) is 54.0 Å². The molecule has 0 saturated heterocycles. The van der Waals surface area contributed by atoms with E-state index >= 15 is 0 Å². The van der Waals surface area contributed by atoms with Crippen molar-refractivity contribution >= 4 is 23.4 Å². The van der Waals surface area contributed by atoms with Gasteiger partial charge in [0.15, 0.2) is 0 Å². The normalized spacial score (nSPS) is 10.1. The highest BCUT2D eigenvalue weighted by Gasteiger charge is 2.10. The standard InChI is InChI=1S/C18H22N4O4/c1-22(2)14-7-5-13(6-8-14)18(25)21-20-17(24)10-9-16(23)19-12-15-4-3-11-26-15/h3-8,11H,9-10,12H2,1-2H3,(H,19,23)(H,20,24)(H,21,25). The first-order valence-electron chi connectivity index (χ1n) is 8.11. The molecule has 3 amide bonds. The SMILES string of the molecule is CN(C)c1ccc(C(=O)NNC(=O)CCC(=O)NCc2ccco2)cc1. The Morgan fingerprint density at radius 2 is 1.65 bits per heavy atom. The molecule has 0 radical (unpaired) electrons. The molecule has 138 valence electrons. The van der Waals surface area contributed by atoms with Crippen molar-refractivity contribution in [3.8, 4) is 0 Å². The molecule has 8 nitrogen and oxygen atoms in total. The number of rotatable bonds is 7. The first kappa shape index (κ1) is 19.0. The van der Waals surface area contributed by atoms with E-state index in [4.69, 9.17) is 4.42 Å². The van der Waals surface area contributed by atoms with Crippen molar-refractivity contribution in [2.75, 3.05) is 19.0 Å². The number of furan rings is 1. The fraction of sp³-hybridized carbons (Fsp3) is 0.278. The lowest BCUT2D eigenvalue weighted by Crippen LogP contribution is -2.42. The van der Waals surface area contributed by atoms with Crippen molar-refractivity contribution in [1.82, 2.24) is 16.2 Å². The summed E-state index contributed by atoms with van der Waals surface area (Å²) < 4.78 is 5.09. The second kappa shape index (κ2) is 9.26. The van der Waals surface area contributed by atoms with Gasteiger partial charge in [0.25, 0.3) is 5.91 Å². The number of carbonyl (C=O) groups excluding carboxylic acids is 3. The number of nitrogens with one attached hydrogen (secondary N) is 3. The minimum Gasteiger partial charge on any atom is -0.467 e.